The standard InChI is InChI=1S/C26H29F2N5O3/c1-31-11-20(15-3-5-33(6-4-15)13-24(36)32(2)10-17(35)14-34)26-21(12-31)18-7-16(27)8-19-22(28)9-23(25(18)19)29-30-26/h3,7-9,12,17,30,34-35H,4-6,10-11,13-14H2,1-2H3. The highest BCUT2D eigenvalue weighted by Crippen LogP contribution is 2.41. The van der Waals surface area contributed by atoms with Crippen LogP contribution in [0.1, 0.15) is 23.1 Å². The highest BCUT2D eigenvalue weighted by Gasteiger charge is 2.33. The first kappa shape index (κ1) is 24.4. The average molecular weight is 498 g/mol. The fourth-order valence-electron chi connectivity index (χ4n) is 5.09. The molecular formula is C26H29F2N5O3. The summed E-state index contributed by atoms with van der Waals surface area (Å²) in [6.07, 6.45) is 5.11. The van der Waals surface area contributed by atoms with Crippen LogP contribution in [0.15, 0.2) is 52.4 Å². The van der Waals surface area contributed by atoms with Crippen LogP contribution in [0.3, 0.4) is 0 Å². The van der Waals surface area contributed by atoms with Gasteiger partial charge in [0.05, 0.1) is 30.7 Å². The summed E-state index contributed by atoms with van der Waals surface area (Å²) in [4.78, 5) is 18.0. The van der Waals surface area contributed by atoms with Crippen LogP contribution in [0.2, 0.25) is 0 Å². The lowest BCUT2D eigenvalue weighted by atomic mass is 9.87. The molecule has 1 aromatic carbocycles. The fraction of sp³-hybridized carbons (Fsp3) is 0.385. The number of allylic oxidation sites excluding steroid dienone is 2. The van der Waals surface area contributed by atoms with E-state index in [1.54, 1.807) is 7.05 Å². The maximum Gasteiger partial charge on any atom is 0.236 e. The van der Waals surface area contributed by atoms with Crippen LogP contribution in [-0.2, 0) is 4.79 Å². The molecule has 3 heterocycles. The summed E-state index contributed by atoms with van der Waals surface area (Å²) >= 11 is 0. The van der Waals surface area contributed by atoms with Gasteiger partial charge < -0.3 is 20.0 Å². The molecule has 1 unspecified atom stereocenters. The van der Waals surface area contributed by atoms with Crippen molar-refractivity contribution in [3.05, 3.63) is 69.8 Å². The smallest absolute Gasteiger partial charge is 0.236 e. The monoisotopic (exact) mass is 497 g/mol. The van der Waals surface area contributed by atoms with Crippen molar-refractivity contribution in [3.63, 3.8) is 0 Å². The Kier molecular flexibility index (Phi) is 6.50. The van der Waals surface area contributed by atoms with Crippen LogP contribution in [0, 0.1) is 5.82 Å². The third kappa shape index (κ3) is 4.47. The first-order valence-corrected chi connectivity index (χ1v) is 11.9. The van der Waals surface area contributed by atoms with Gasteiger partial charge in [0.15, 0.2) is 0 Å². The number of carbonyl (C=O) groups excluding carboxylic acids is 1. The number of likely N-dealkylation sites (N-methyl/N-ethyl adjacent to an activating group) is 2. The number of hydrazone groups is 1. The Morgan fingerprint density at radius 2 is 2.08 bits per heavy atom. The lowest BCUT2D eigenvalue weighted by molar-refractivity contribution is -0.132. The van der Waals surface area contributed by atoms with Gasteiger partial charge in [-0.3, -0.25) is 15.1 Å². The molecule has 8 nitrogen and oxygen atoms in total. The molecular weight excluding hydrogens is 468 g/mol. The predicted molar refractivity (Wildman–Crippen MR) is 133 cm³/mol. The summed E-state index contributed by atoms with van der Waals surface area (Å²) < 4.78 is 29.0. The second-order valence-electron chi connectivity index (χ2n) is 9.61. The zero-order valence-corrected chi connectivity index (χ0v) is 20.3. The van der Waals surface area contributed by atoms with Crippen LogP contribution < -0.4 is 5.43 Å². The third-order valence-corrected chi connectivity index (χ3v) is 6.95. The van der Waals surface area contributed by atoms with E-state index in [-0.39, 0.29) is 31.2 Å². The largest absolute Gasteiger partial charge is 0.394 e. The zero-order chi connectivity index (χ0) is 25.6. The molecule has 0 saturated heterocycles. The number of nitrogens with zero attached hydrogens (tertiary/aromatic N) is 4. The number of hydrogen-bond acceptors (Lipinski definition) is 7. The minimum Gasteiger partial charge on any atom is -0.394 e. The maximum atomic E-state index is 14.5. The van der Waals surface area contributed by atoms with Crippen molar-refractivity contribution in [2.24, 2.45) is 5.10 Å². The van der Waals surface area contributed by atoms with Crippen molar-refractivity contribution in [2.45, 2.75) is 12.5 Å². The molecule has 0 radical (unpaired) electrons. The van der Waals surface area contributed by atoms with Crippen LogP contribution in [-0.4, -0.2) is 96.1 Å². The molecule has 0 fully saturated rings. The predicted octanol–water partition coefficient (Wildman–Crippen LogP) is 1.44. The van der Waals surface area contributed by atoms with Gasteiger partial charge in [0.2, 0.25) is 5.91 Å². The topological polar surface area (TPSA) is 91.6 Å². The van der Waals surface area contributed by atoms with Crippen LogP contribution in [0.25, 0.3) is 11.4 Å². The van der Waals surface area contributed by atoms with Crippen molar-refractivity contribution in [1.29, 1.82) is 0 Å². The summed E-state index contributed by atoms with van der Waals surface area (Å²) in [5, 5.41) is 23.0. The van der Waals surface area contributed by atoms with Gasteiger partial charge >= 0.3 is 0 Å². The van der Waals surface area contributed by atoms with E-state index in [9.17, 15) is 18.7 Å². The van der Waals surface area contributed by atoms with E-state index in [4.69, 9.17) is 5.11 Å². The van der Waals surface area contributed by atoms with Gasteiger partial charge in [-0.2, -0.15) is 5.10 Å². The number of amides is 1. The number of fused-ring (bicyclic) bond motifs is 2. The van der Waals surface area contributed by atoms with E-state index < -0.39 is 17.7 Å². The molecule has 1 amide bonds. The molecule has 1 aliphatic carbocycles. The van der Waals surface area contributed by atoms with E-state index >= 15 is 0 Å². The van der Waals surface area contributed by atoms with Crippen LogP contribution in [0.4, 0.5) is 8.78 Å². The van der Waals surface area contributed by atoms with Gasteiger partial charge in [0, 0.05) is 74.8 Å². The Morgan fingerprint density at radius 3 is 2.81 bits per heavy atom. The number of hydrogen-bond donors (Lipinski definition) is 3. The van der Waals surface area contributed by atoms with Gasteiger partial charge in [0.1, 0.15) is 11.6 Å². The van der Waals surface area contributed by atoms with Crippen LogP contribution >= 0.6 is 0 Å². The van der Waals surface area contributed by atoms with Gasteiger partial charge in [0.25, 0.3) is 0 Å². The summed E-state index contributed by atoms with van der Waals surface area (Å²) in [5.41, 5.74) is 8.70. The Bertz CT molecular complexity index is 1270. The van der Waals surface area contributed by atoms with Crippen molar-refractivity contribution >= 4 is 23.0 Å². The van der Waals surface area contributed by atoms with Gasteiger partial charge in [-0.05, 0) is 29.7 Å². The number of nitrogens with one attached hydrogen (secondary N) is 1. The number of rotatable bonds is 6. The normalized spacial score (nSPS) is 19.9. The fourth-order valence-corrected chi connectivity index (χ4v) is 5.09. The zero-order valence-electron chi connectivity index (χ0n) is 20.3. The van der Waals surface area contributed by atoms with E-state index in [0.717, 1.165) is 22.4 Å². The minimum absolute atomic E-state index is 0.0823. The molecule has 0 saturated carbocycles. The van der Waals surface area contributed by atoms with Crippen LogP contribution in [0.5, 0.6) is 0 Å². The summed E-state index contributed by atoms with van der Waals surface area (Å²) in [7, 11) is 3.55. The van der Waals surface area contributed by atoms with Crippen molar-refractivity contribution in [3.8, 4) is 0 Å². The number of carbonyl (C=O) groups is 1. The highest BCUT2D eigenvalue weighted by atomic mass is 19.1. The lowest BCUT2D eigenvalue weighted by Gasteiger charge is -2.33. The number of benzene rings is 1. The van der Waals surface area contributed by atoms with Gasteiger partial charge in [-0.25, -0.2) is 8.78 Å². The maximum absolute atomic E-state index is 14.5. The Balaban J connectivity index is 1.40. The Labute approximate surface area is 208 Å². The van der Waals surface area contributed by atoms with Crippen molar-refractivity contribution in [1.82, 2.24) is 20.1 Å². The minimum atomic E-state index is -0.956. The molecule has 3 N–H and O–H groups in total. The quantitative estimate of drug-likeness (QED) is 0.551. The first-order valence-electron chi connectivity index (χ1n) is 11.9. The molecule has 10 heteroatoms. The molecule has 1 aromatic rings. The summed E-state index contributed by atoms with van der Waals surface area (Å²) in [6, 6.07) is 2.64. The van der Waals surface area contributed by atoms with E-state index in [2.05, 4.69) is 16.6 Å². The molecule has 5 rings (SSSR count). The van der Waals surface area contributed by atoms with E-state index in [1.165, 1.54) is 23.1 Å². The summed E-state index contributed by atoms with van der Waals surface area (Å²) in [5.74, 6) is -1.12. The Morgan fingerprint density at radius 1 is 1.31 bits per heavy atom. The summed E-state index contributed by atoms with van der Waals surface area (Å²) in [6.45, 7) is 1.79. The van der Waals surface area contributed by atoms with E-state index in [0.29, 0.717) is 42.9 Å². The van der Waals surface area contributed by atoms with Crippen molar-refractivity contribution in [2.75, 3.05) is 53.4 Å². The molecule has 0 aromatic heterocycles. The first-order chi connectivity index (χ1) is 17.2. The van der Waals surface area contributed by atoms with Gasteiger partial charge in [-0.15, -0.1) is 0 Å². The highest BCUT2D eigenvalue weighted by molar-refractivity contribution is 6.21. The van der Waals surface area contributed by atoms with E-state index in [1.807, 2.05) is 23.0 Å². The lowest BCUT2D eigenvalue weighted by Crippen LogP contribution is -2.43. The average Bonchev–Trinajstić information content (AvgIpc) is 3.08. The second-order valence-corrected chi connectivity index (χ2v) is 9.61. The molecule has 190 valence electrons. The van der Waals surface area contributed by atoms with Crippen molar-refractivity contribution < 1.29 is 23.8 Å². The second kappa shape index (κ2) is 9.61. The SMILES string of the molecule is CN1C=C2C(=C(C3=CCN(CC(=O)N(C)CC(O)CO)CC3)C1)NN=C1C=C(F)c3cc(F)cc2c31. The van der Waals surface area contributed by atoms with Gasteiger partial charge in [-0.1, -0.05) is 6.08 Å². The number of aliphatic hydroxyl groups excluding tert-OH is 2. The molecule has 0 bridgehead atoms. The molecule has 36 heavy (non-hydrogen) atoms. The molecule has 0 spiro atoms. The molecule has 4 aliphatic rings. The third-order valence-electron chi connectivity index (χ3n) is 6.95. The molecule has 1 atom stereocenters. The number of halogens is 2. The molecule has 3 aliphatic heterocycles. The Hall–Kier alpha value is -3.34. The number of aliphatic hydroxyl groups is 2.